The van der Waals surface area contributed by atoms with Crippen molar-refractivity contribution in [3.05, 3.63) is 68.8 Å². The summed E-state index contributed by atoms with van der Waals surface area (Å²) in [4.78, 5) is 24.2. The van der Waals surface area contributed by atoms with Crippen LogP contribution in [0.3, 0.4) is 0 Å². The maximum Gasteiger partial charge on any atom is 0.341 e. The van der Waals surface area contributed by atoms with Gasteiger partial charge < -0.3 is 15.0 Å². The van der Waals surface area contributed by atoms with Gasteiger partial charge in [0.2, 0.25) is 5.43 Å². The van der Waals surface area contributed by atoms with Gasteiger partial charge in [-0.1, -0.05) is 12.1 Å². The molecule has 148 valence electrons. The Morgan fingerprint density at radius 2 is 1.97 bits per heavy atom. The predicted octanol–water partition coefficient (Wildman–Crippen LogP) is 3.70. The minimum atomic E-state index is -1.41. The predicted molar refractivity (Wildman–Crippen MR) is 104 cm³/mol. The van der Waals surface area contributed by atoms with Crippen LogP contribution in [0.1, 0.15) is 39.5 Å². The van der Waals surface area contributed by atoms with E-state index in [1.54, 1.807) is 6.92 Å². The van der Waals surface area contributed by atoms with Crippen LogP contribution in [0.15, 0.2) is 35.3 Å². The minimum absolute atomic E-state index is 0.0365. The molecule has 1 aliphatic heterocycles. The van der Waals surface area contributed by atoms with Gasteiger partial charge in [0.25, 0.3) is 0 Å². The average molecular weight is 396 g/mol. The van der Waals surface area contributed by atoms with Crippen LogP contribution in [0.4, 0.5) is 8.78 Å². The lowest BCUT2D eigenvalue weighted by Gasteiger charge is -2.18. The van der Waals surface area contributed by atoms with Crippen LogP contribution in [-0.4, -0.2) is 21.8 Å². The van der Waals surface area contributed by atoms with Crippen LogP contribution in [0.2, 0.25) is 0 Å². The number of aromatic carboxylic acids is 1. The smallest absolute Gasteiger partial charge is 0.341 e. The number of nitrogens with zero attached hydrogens (tertiary/aromatic N) is 1. The topological polar surface area (TPSA) is 71.3 Å². The van der Waals surface area contributed by atoms with Gasteiger partial charge in [-0.2, -0.15) is 0 Å². The van der Waals surface area contributed by atoms with Crippen molar-refractivity contribution in [1.29, 1.82) is 0 Å². The maximum atomic E-state index is 15.2. The Hall–Kier alpha value is -3.06. The molecule has 7 heteroatoms. The molecule has 3 aromatic rings. The number of aromatic nitrogens is 1. The number of halogens is 2. The van der Waals surface area contributed by atoms with Gasteiger partial charge in [0.05, 0.1) is 11.6 Å². The van der Waals surface area contributed by atoms with Crippen LogP contribution in [-0.2, 0) is 13.1 Å². The second kappa shape index (κ2) is 6.22. The Labute approximate surface area is 164 Å². The van der Waals surface area contributed by atoms with E-state index in [9.17, 15) is 19.1 Å². The highest BCUT2D eigenvalue weighted by Crippen LogP contribution is 2.42. The summed E-state index contributed by atoms with van der Waals surface area (Å²) in [6, 6.07) is 6.26. The molecule has 2 aromatic carbocycles. The van der Waals surface area contributed by atoms with E-state index in [-0.39, 0.29) is 11.8 Å². The van der Waals surface area contributed by atoms with Gasteiger partial charge in [-0.3, -0.25) is 4.79 Å². The molecule has 0 spiro atoms. The number of rotatable bonds is 3. The molecular formula is C22H18F2N2O3. The van der Waals surface area contributed by atoms with Gasteiger partial charge in [-0.15, -0.1) is 0 Å². The molecule has 1 aromatic heterocycles. The summed E-state index contributed by atoms with van der Waals surface area (Å²) in [6.07, 6.45) is 0.327. The first-order chi connectivity index (χ1) is 13.9. The second-order valence-electron chi connectivity index (χ2n) is 7.74. The average Bonchev–Trinajstić information content (AvgIpc) is 3.21. The fraction of sp³-hybridized carbons (Fsp3) is 0.273. The van der Waals surface area contributed by atoms with Crippen molar-refractivity contribution in [3.8, 4) is 11.1 Å². The lowest BCUT2D eigenvalue weighted by atomic mass is 9.94. The molecule has 29 heavy (non-hydrogen) atoms. The van der Waals surface area contributed by atoms with Crippen LogP contribution in [0.5, 0.6) is 0 Å². The zero-order valence-electron chi connectivity index (χ0n) is 15.6. The Bertz CT molecular complexity index is 1270. The summed E-state index contributed by atoms with van der Waals surface area (Å²) in [5.74, 6) is -2.00. The third-order valence-electron chi connectivity index (χ3n) is 5.91. The number of benzene rings is 2. The minimum Gasteiger partial charge on any atom is -0.477 e. The maximum absolute atomic E-state index is 15.2. The fourth-order valence-electron chi connectivity index (χ4n) is 4.34. The molecule has 0 unspecified atom stereocenters. The molecule has 1 saturated carbocycles. The first-order valence-corrected chi connectivity index (χ1v) is 9.45. The van der Waals surface area contributed by atoms with Gasteiger partial charge in [0.1, 0.15) is 17.6 Å². The highest BCUT2D eigenvalue weighted by Gasteiger charge is 2.40. The number of pyridine rings is 1. The molecule has 1 fully saturated rings. The van der Waals surface area contributed by atoms with Gasteiger partial charge in [-0.25, -0.2) is 13.6 Å². The van der Waals surface area contributed by atoms with Crippen molar-refractivity contribution < 1.29 is 18.7 Å². The highest BCUT2D eigenvalue weighted by atomic mass is 19.1. The largest absolute Gasteiger partial charge is 0.477 e. The van der Waals surface area contributed by atoms with E-state index in [0.717, 1.165) is 23.7 Å². The zero-order chi connectivity index (χ0) is 20.4. The van der Waals surface area contributed by atoms with Crippen molar-refractivity contribution in [1.82, 2.24) is 9.88 Å². The van der Waals surface area contributed by atoms with E-state index < -0.39 is 35.0 Å². The molecular weight excluding hydrogens is 378 g/mol. The van der Waals surface area contributed by atoms with E-state index >= 15 is 4.39 Å². The number of hydrogen-bond acceptors (Lipinski definition) is 3. The van der Waals surface area contributed by atoms with E-state index in [0.29, 0.717) is 28.8 Å². The number of carboxylic acid groups (broad SMARTS) is 1. The molecule has 0 saturated heterocycles. The molecule has 5 rings (SSSR count). The van der Waals surface area contributed by atoms with E-state index in [2.05, 4.69) is 5.32 Å². The van der Waals surface area contributed by atoms with Gasteiger partial charge in [-0.05, 0) is 41.3 Å². The molecule has 2 aliphatic rings. The first kappa shape index (κ1) is 18.0. The summed E-state index contributed by atoms with van der Waals surface area (Å²) in [5.41, 5.74) is 2.93. The van der Waals surface area contributed by atoms with Crippen LogP contribution >= 0.6 is 0 Å². The molecule has 2 atom stereocenters. The number of alkyl halides is 1. The van der Waals surface area contributed by atoms with E-state index in [1.807, 2.05) is 18.2 Å². The Balaban J connectivity index is 1.83. The Morgan fingerprint density at radius 1 is 1.24 bits per heavy atom. The lowest BCUT2D eigenvalue weighted by molar-refractivity contribution is 0.0694. The number of carboxylic acids is 1. The van der Waals surface area contributed by atoms with Crippen molar-refractivity contribution in [2.24, 2.45) is 0 Å². The second-order valence-corrected chi connectivity index (χ2v) is 7.74. The summed E-state index contributed by atoms with van der Waals surface area (Å²) < 4.78 is 30.5. The first-order valence-electron chi connectivity index (χ1n) is 9.45. The zero-order valence-corrected chi connectivity index (χ0v) is 15.6. The van der Waals surface area contributed by atoms with Crippen molar-refractivity contribution >= 4 is 16.9 Å². The number of fused-ring (bicyclic) bond motifs is 2. The molecule has 0 radical (unpaired) electrons. The normalized spacial score (nSPS) is 20.1. The van der Waals surface area contributed by atoms with Gasteiger partial charge in [0.15, 0.2) is 0 Å². The highest BCUT2D eigenvalue weighted by molar-refractivity contribution is 5.96. The summed E-state index contributed by atoms with van der Waals surface area (Å²) in [6.45, 7) is 3.17. The third kappa shape index (κ3) is 2.68. The van der Waals surface area contributed by atoms with Crippen LogP contribution < -0.4 is 10.7 Å². The van der Waals surface area contributed by atoms with Crippen LogP contribution in [0.25, 0.3) is 22.0 Å². The summed E-state index contributed by atoms with van der Waals surface area (Å²) in [7, 11) is 0. The van der Waals surface area contributed by atoms with Gasteiger partial charge >= 0.3 is 5.97 Å². The quantitative estimate of drug-likeness (QED) is 0.708. The van der Waals surface area contributed by atoms with Crippen LogP contribution in [0, 0.1) is 12.7 Å². The van der Waals surface area contributed by atoms with E-state index in [1.165, 1.54) is 10.8 Å². The van der Waals surface area contributed by atoms with Crippen molar-refractivity contribution in [2.45, 2.75) is 38.6 Å². The van der Waals surface area contributed by atoms with Crippen molar-refractivity contribution in [3.63, 3.8) is 0 Å². The van der Waals surface area contributed by atoms with Crippen molar-refractivity contribution in [2.75, 3.05) is 0 Å². The molecule has 2 N–H and O–H groups in total. The van der Waals surface area contributed by atoms with E-state index in [4.69, 9.17) is 0 Å². The fourth-order valence-corrected chi connectivity index (χ4v) is 4.34. The molecule has 1 aliphatic carbocycles. The number of aryl methyl sites for hydroxylation is 1. The molecule has 0 bridgehead atoms. The molecule has 0 amide bonds. The summed E-state index contributed by atoms with van der Waals surface area (Å²) in [5, 5.41) is 12.6. The third-order valence-corrected chi connectivity index (χ3v) is 5.91. The number of carbonyl (C=O) groups is 1. The number of nitrogens with one attached hydrogen (secondary N) is 1. The lowest BCUT2D eigenvalue weighted by Crippen LogP contribution is -2.20. The number of hydrogen-bond donors (Lipinski definition) is 2. The standard InChI is InChI=1S/C22H18F2N2O3/c1-10-19(11-2-3-12-7-25-8-13(12)4-11)17(24)5-14-20(10)26(18-6-16(18)23)9-15(21(14)27)22(28)29/h2-5,9,16,18,25H,6-8H2,1H3,(H,28,29)/t16-,18+/m0/s1. The Kier molecular flexibility index (Phi) is 3.86. The summed E-state index contributed by atoms with van der Waals surface area (Å²) >= 11 is 0. The molecule has 5 nitrogen and oxygen atoms in total. The Morgan fingerprint density at radius 3 is 2.66 bits per heavy atom. The molecule has 2 heterocycles. The SMILES string of the molecule is Cc1c(-c2ccc3c(c2)CNC3)c(F)cc2c(=O)c(C(=O)O)cn([C@@H]3C[C@@H]3F)c12. The van der Waals surface area contributed by atoms with Gasteiger partial charge in [0, 0.05) is 36.7 Å². The monoisotopic (exact) mass is 396 g/mol.